The fourth-order valence-corrected chi connectivity index (χ4v) is 2.42. The van der Waals surface area contributed by atoms with Gasteiger partial charge in [0.2, 0.25) is 0 Å². The zero-order valence-corrected chi connectivity index (χ0v) is 10.9. The van der Waals surface area contributed by atoms with Gasteiger partial charge in [-0.1, -0.05) is 0 Å². The molecule has 1 fully saturated rings. The van der Waals surface area contributed by atoms with Gasteiger partial charge in [-0.3, -0.25) is 10.1 Å². The molecule has 1 atom stereocenters. The summed E-state index contributed by atoms with van der Waals surface area (Å²) in [5.74, 6) is 0.717. The molecule has 0 aromatic heterocycles. The number of nitro benzene ring substituents is 1. The van der Waals surface area contributed by atoms with Crippen LogP contribution < -0.4 is 9.64 Å². The van der Waals surface area contributed by atoms with E-state index in [4.69, 9.17) is 4.74 Å². The van der Waals surface area contributed by atoms with Crippen LogP contribution in [0.15, 0.2) is 18.2 Å². The maximum atomic E-state index is 10.9. The number of methoxy groups -OCH3 is 1. The summed E-state index contributed by atoms with van der Waals surface area (Å²) in [5, 5.41) is 20.2. The Bertz CT molecular complexity index is 464. The van der Waals surface area contributed by atoms with Crippen LogP contribution in [0.1, 0.15) is 12.8 Å². The van der Waals surface area contributed by atoms with Gasteiger partial charge in [-0.15, -0.1) is 0 Å². The largest absolute Gasteiger partial charge is 0.496 e. The highest BCUT2D eigenvalue weighted by Crippen LogP contribution is 2.30. The van der Waals surface area contributed by atoms with Crippen molar-refractivity contribution in [2.45, 2.75) is 12.8 Å². The number of non-ortho nitro benzene ring substituents is 1. The third kappa shape index (κ3) is 3.14. The summed E-state index contributed by atoms with van der Waals surface area (Å²) in [6, 6.07) is 4.77. The van der Waals surface area contributed by atoms with E-state index in [1.807, 2.05) is 0 Å². The van der Waals surface area contributed by atoms with Crippen LogP contribution >= 0.6 is 0 Å². The number of piperidine rings is 1. The van der Waals surface area contributed by atoms with Gasteiger partial charge in [-0.25, -0.2) is 0 Å². The summed E-state index contributed by atoms with van der Waals surface area (Å²) in [5.41, 5.74) is 0.810. The second kappa shape index (κ2) is 5.88. The van der Waals surface area contributed by atoms with Gasteiger partial charge in [0.15, 0.2) is 0 Å². The molecule has 1 aromatic carbocycles. The van der Waals surface area contributed by atoms with E-state index < -0.39 is 4.92 Å². The summed E-state index contributed by atoms with van der Waals surface area (Å²) < 4.78 is 5.11. The van der Waals surface area contributed by atoms with Crippen molar-refractivity contribution >= 4 is 11.4 Å². The normalized spacial score (nSPS) is 19.3. The Morgan fingerprint density at radius 1 is 1.53 bits per heavy atom. The average Bonchev–Trinajstić information content (AvgIpc) is 2.46. The van der Waals surface area contributed by atoms with Crippen LogP contribution in [0.4, 0.5) is 11.4 Å². The average molecular weight is 266 g/mol. The zero-order chi connectivity index (χ0) is 13.8. The van der Waals surface area contributed by atoms with E-state index in [-0.39, 0.29) is 18.2 Å². The third-order valence-electron chi connectivity index (χ3n) is 3.46. The Morgan fingerprint density at radius 2 is 2.32 bits per heavy atom. The van der Waals surface area contributed by atoms with Crippen LogP contribution in [0, 0.1) is 16.0 Å². The number of benzene rings is 1. The quantitative estimate of drug-likeness (QED) is 0.664. The molecular weight excluding hydrogens is 248 g/mol. The summed E-state index contributed by atoms with van der Waals surface area (Å²) in [6.07, 6.45) is 1.98. The van der Waals surface area contributed by atoms with Crippen LogP contribution in [0.2, 0.25) is 0 Å². The second-order valence-corrected chi connectivity index (χ2v) is 4.78. The van der Waals surface area contributed by atoms with E-state index in [1.165, 1.54) is 13.2 Å². The zero-order valence-electron chi connectivity index (χ0n) is 10.9. The van der Waals surface area contributed by atoms with Crippen molar-refractivity contribution in [3.05, 3.63) is 28.3 Å². The number of anilines is 1. The minimum Gasteiger partial charge on any atom is -0.496 e. The number of aliphatic hydroxyl groups is 1. The Kier molecular flexibility index (Phi) is 4.21. The first-order valence-corrected chi connectivity index (χ1v) is 6.33. The summed E-state index contributed by atoms with van der Waals surface area (Å²) in [4.78, 5) is 12.6. The molecule has 1 heterocycles. The predicted molar refractivity (Wildman–Crippen MR) is 71.7 cm³/mol. The van der Waals surface area contributed by atoms with Crippen LogP contribution in [0.25, 0.3) is 0 Å². The Hall–Kier alpha value is -1.82. The predicted octanol–water partition coefficient (Wildman–Crippen LogP) is 1.81. The number of rotatable bonds is 4. The van der Waals surface area contributed by atoms with Crippen molar-refractivity contribution in [2.75, 3.05) is 31.7 Å². The summed E-state index contributed by atoms with van der Waals surface area (Å²) >= 11 is 0. The first-order valence-electron chi connectivity index (χ1n) is 6.33. The topological polar surface area (TPSA) is 75.8 Å². The molecule has 0 saturated carbocycles. The lowest BCUT2D eigenvalue weighted by Crippen LogP contribution is -2.36. The molecule has 0 aliphatic carbocycles. The second-order valence-electron chi connectivity index (χ2n) is 4.78. The van der Waals surface area contributed by atoms with Gasteiger partial charge >= 0.3 is 0 Å². The molecule has 1 saturated heterocycles. The maximum Gasteiger partial charge on any atom is 0.275 e. The third-order valence-corrected chi connectivity index (χ3v) is 3.46. The molecular formula is C13H18N2O4. The lowest BCUT2D eigenvalue weighted by atomic mass is 9.98. The Labute approximate surface area is 111 Å². The van der Waals surface area contributed by atoms with E-state index in [9.17, 15) is 15.2 Å². The SMILES string of the molecule is COc1cc(N2CCCC(CO)C2)cc([N+](=O)[O-])c1. The van der Waals surface area contributed by atoms with Gasteiger partial charge in [-0.2, -0.15) is 0 Å². The summed E-state index contributed by atoms with van der Waals surface area (Å²) in [6.45, 7) is 1.73. The minimum absolute atomic E-state index is 0.0282. The Balaban J connectivity index is 2.27. The van der Waals surface area contributed by atoms with Crippen molar-refractivity contribution < 1.29 is 14.8 Å². The fourth-order valence-electron chi connectivity index (χ4n) is 2.42. The first-order chi connectivity index (χ1) is 9.13. The van der Waals surface area contributed by atoms with E-state index >= 15 is 0 Å². The molecule has 0 amide bonds. The Morgan fingerprint density at radius 3 is 2.95 bits per heavy atom. The molecule has 0 spiro atoms. The monoisotopic (exact) mass is 266 g/mol. The molecule has 1 N–H and O–H groups in total. The van der Waals surface area contributed by atoms with Crippen LogP contribution in [-0.2, 0) is 0 Å². The molecule has 2 rings (SSSR count). The number of ether oxygens (including phenoxy) is 1. The van der Waals surface area contributed by atoms with Gasteiger partial charge in [0.05, 0.1) is 18.1 Å². The van der Waals surface area contributed by atoms with Crippen molar-refractivity contribution in [2.24, 2.45) is 5.92 Å². The van der Waals surface area contributed by atoms with Crippen molar-refractivity contribution in [1.29, 1.82) is 0 Å². The highest BCUT2D eigenvalue weighted by Gasteiger charge is 2.21. The molecule has 1 aliphatic heterocycles. The smallest absolute Gasteiger partial charge is 0.275 e. The number of nitro groups is 1. The maximum absolute atomic E-state index is 10.9. The molecule has 1 aromatic rings. The number of nitrogens with zero attached hydrogens (tertiary/aromatic N) is 2. The van der Waals surface area contributed by atoms with Crippen molar-refractivity contribution in [1.82, 2.24) is 0 Å². The molecule has 0 bridgehead atoms. The fraction of sp³-hybridized carbons (Fsp3) is 0.538. The van der Waals surface area contributed by atoms with Gasteiger partial charge in [-0.05, 0) is 18.8 Å². The molecule has 1 aliphatic rings. The van der Waals surface area contributed by atoms with E-state index in [2.05, 4.69) is 4.90 Å². The lowest BCUT2D eigenvalue weighted by Gasteiger charge is -2.33. The molecule has 1 unspecified atom stereocenters. The summed E-state index contributed by atoms with van der Waals surface area (Å²) in [7, 11) is 1.50. The molecule has 0 radical (unpaired) electrons. The lowest BCUT2D eigenvalue weighted by molar-refractivity contribution is -0.384. The van der Waals surface area contributed by atoms with Gasteiger partial charge in [0.25, 0.3) is 5.69 Å². The van der Waals surface area contributed by atoms with Crippen LogP contribution in [0.3, 0.4) is 0 Å². The highest BCUT2D eigenvalue weighted by molar-refractivity contribution is 5.58. The molecule has 104 valence electrons. The van der Waals surface area contributed by atoms with Gasteiger partial charge in [0.1, 0.15) is 5.75 Å². The van der Waals surface area contributed by atoms with E-state index in [0.29, 0.717) is 5.75 Å². The minimum atomic E-state index is -0.417. The van der Waals surface area contributed by atoms with E-state index in [1.54, 1.807) is 12.1 Å². The van der Waals surface area contributed by atoms with Crippen LogP contribution in [-0.4, -0.2) is 36.8 Å². The molecule has 6 heteroatoms. The molecule has 6 nitrogen and oxygen atoms in total. The van der Waals surface area contributed by atoms with Crippen molar-refractivity contribution in [3.8, 4) is 5.75 Å². The van der Waals surface area contributed by atoms with Gasteiger partial charge in [0, 0.05) is 37.5 Å². The number of hydrogen-bond acceptors (Lipinski definition) is 5. The van der Waals surface area contributed by atoms with Crippen molar-refractivity contribution in [3.63, 3.8) is 0 Å². The number of hydrogen-bond donors (Lipinski definition) is 1. The van der Waals surface area contributed by atoms with Gasteiger partial charge < -0.3 is 14.7 Å². The number of aliphatic hydroxyl groups excluding tert-OH is 1. The first kappa shape index (κ1) is 13.6. The van der Waals surface area contributed by atoms with Crippen LogP contribution in [0.5, 0.6) is 5.75 Å². The van der Waals surface area contributed by atoms with E-state index in [0.717, 1.165) is 31.6 Å². The standard InChI is InChI=1S/C13H18N2O4/c1-19-13-6-11(5-12(7-13)15(17)18)14-4-2-3-10(8-14)9-16/h5-7,10,16H,2-4,8-9H2,1H3. The highest BCUT2D eigenvalue weighted by atomic mass is 16.6. The molecule has 19 heavy (non-hydrogen) atoms.